The molecule has 0 aromatic heterocycles. The van der Waals surface area contributed by atoms with Crippen LogP contribution >= 0.6 is 7.92 Å². The number of hydrogen-bond donors (Lipinski definition) is 0. The summed E-state index contributed by atoms with van der Waals surface area (Å²) in [7, 11) is -0.287. The first-order valence-electron chi connectivity index (χ1n) is 6.93. The predicted octanol–water partition coefficient (Wildman–Crippen LogP) is 3.30. The molecule has 1 aliphatic heterocycles. The molecule has 2 heteroatoms. The van der Waals surface area contributed by atoms with Gasteiger partial charge in [0.15, 0.2) is 0 Å². The molecular weight excluding hydrogens is 251 g/mol. The van der Waals surface area contributed by atoms with Gasteiger partial charge in [0, 0.05) is 12.8 Å². The molecule has 1 heterocycles. The fourth-order valence-electron chi connectivity index (χ4n) is 2.57. The molecule has 19 heavy (non-hydrogen) atoms. The predicted molar refractivity (Wildman–Crippen MR) is 82.9 cm³/mol. The second-order valence-corrected chi connectivity index (χ2v) is 7.17. The third kappa shape index (κ3) is 3.23. The van der Waals surface area contributed by atoms with Crippen molar-refractivity contribution in [3.05, 3.63) is 60.7 Å². The van der Waals surface area contributed by atoms with E-state index in [4.69, 9.17) is 4.74 Å². The molecule has 0 unspecified atom stereocenters. The van der Waals surface area contributed by atoms with Crippen molar-refractivity contribution < 1.29 is 4.74 Å². The van der Waals surface area contributed by atoms with Gasteiger partial charge in [-0.05, 0) is 31.4 Å². The summed E-state index contributed by atoms with van der Waals surface area (Å²) in [4.78, 5) is 0. The Kier molecular flexibility index (Phi) is 4.27. The van der Waals surface area contributed by atoms with Gasteiger partial charge < -0.3 is 4.74 Å². The van der Waals surface area contributed by atoms with Crippen LogP contribution in [0, 0.1) is 0 Å². The number of rotatable bonds is 4. The van der Waals surface area contributed by atoms with Crippen LogP contribution in [0.1, 0.15) is 12.8 Å². The number of ether oxygens (including phenoxy) is 1. The lowest BCUT2D eigenvalue weighted by atomic mass is 10.3. The largest absolute Gasteiger partial charge is 0.378 e. The molecule has 3 rings (SSSR count). The minimum atomic E-state index is -0.287. The highest BCUT2D eigenvalue weighted by molar-refractivity contribution is 7.73. The Morgan fingerprint density at radius 2 is 1.47 bits per heavy atom. The third-order valence-electron chi connectivity index (χ3n) is 3.55. The van der Waals surface area contributed by atoms with Crippen LogP contribution in [-0.4, -0.2) is 18.9 Å². The summed E-state index contributed by atoms with van der Waals surface area (Å²) < 4.78 is 5.84. The van der Waals surface area contributed by atoms with E-state index in [1.54, 1.807) is 0 Å². The van der Waals surface area contributed by atoms with Crippen molar-refractivity contribution in [1.29, 1.82) is 0 Å². The second kappa shape index (κ2) is 6.32. The molecule has 98 valence electrons. The Bertz CT molecular complexity index is 452. The number of hydrogen-bond acceptors (Lipinski definition) is 1. The second-order valence-electron chi connectivity index (χ2n) is 4.92. The highest BCUT2D eigenvalue weighted by Crippen LogP contribution is 2.36. The van der Waals surface area contributed by atoms with Gasteiger partial charge in [-0.15, -0.1) is 0 Å². The van der Waals surface area contributed by atoms with Gasteiger partial charge in [-0.25, -0.2) is 0 Å². The van der Waals surface area contributed by atoms with E-state index in [0.29, 0.717) is 6.10 Å². The average Bonchev–Trinajstić information content (AvgIpc) is 3.00. The van der Waals surface area contributed by atoms with E-state index in [2.05, 4.69) is 60.7 Å². The molecule has 2 aromatic carbocycles. The molecular formula is C17H19OP. The smallest absolute Gasteiger partial charge is 0.0621 e. The van der Waals surface area contributed by atoms with E-state index in [1.807, 2.05) is 0 Å². The summed E-state index contributed by atoms with van der Waals surface area (Å²) in [6.45, 7) is 0.942. The Labute approximate surface area is 116 Å². The summed E-state index contributed by atoms with van der Waals surface area (Å²) in [6.07, 6.45) is 4.05. The van der Waals surface area contributed by atoms with Gasteiger partial charge in [-0.1, -0.05) is 60.7 Å². The highest BCUT2D eigenvalue weighted by atomic mass is 31.1. The molecule has 1 fully saturated rings. The fraction of sp³-hybridized carbons (Fsp3) is 0.294. The molecule has 0 N–H and O–H groups in total. The van der Waals surface area contributed by atoms with E-state index in [-0.39, 0.29) is 7.92 Å². The lowest BCUT2D eigenvalue weighted by Gasteiger charge is -2.21. The van der Waals surface area contributed by atoms with Crippen LogP contribution in [0.2, 0.25) is 0 Å². The van der Waals surface area contributed by atoms with Gasteiger partial charge in [0.1, 0.15) is 0 Å². The lowest BCUT2D eigenvalue weighted by molar-refractivity contribution is 0.128. The zero-order chi connectivity index (χ0) is 12.9. The summed E-state index contributed by atoms with van der Waals surface area (Å²) in [5.74, 6) is 0. The van der Waals surface area contributed by atoms with Crippen LogP contribution in [0.3, 0.4) is 0 Å². The third-order valence-corrected chi connectivity index (χ3v) is 6.16. The molecule has 1 saturated heterocycles. The Morgan fingerprint density at radius 1 is 0.895 bits per heavy atom. The zero-order valence-electron chi connectivity index (χ0n) is 11.0. The molecule has 0 bridgehead atoms. The molecule has 0 amide bonds. The fourth-order valence-corrected chi connectivity index (χ4v) is 5.05. The molecule has 0 radical (unpaired) electrons. The lowest BCUT2D eigenvalue weighted by Crippen LogP contribution is -2.20. The number of benzene rings is 2. The van der Waals surface area contributed by atoms with Gasteiger partial charge in [-0.3, -0.25) is 0 Å². The van der Waals surface area contributed by atoms with Gasteiger partial charge in [0.25, 0.3) is 0 Å². The van der Waals surface area contributed by atoms with E-state index in [9.17, 15) is 0 Å². The molecule has 1 aliphatic rings. The topological polar surface area (TPSA) is 9.23 Å². The van der Waals surface area contributed by atoms with E-state index in [0.717, 1.165) is 12.8 Å². The quantitative estimate of drug-likeness (QED) is 0.775. The average molecular weight is 270 g/mol. The van der Waals surface area contributed by atoms with Crippen LogP contribution < -0.4 is 10.6 Å². The highest BCUT2D eigenvalue weighted by Gasteiger charge is 2.22. The molecule has 1 atom stereocenters. The minimum Gasteiger partial charge on any atom is -0.378 e. The van der Waals surface area contributed by atoms with Crippen LogP contribution in [0.15, 0.2) is 60.7 Å². The Morgan fingerprint density at radius 3 is 1.95 bits per heavy atom. The minimum absolute atomic E-state index is 0.287. The van der Waals surface area contributed by atoms with Crippen molar-refractivity contribution in [3.8, 4) is 0 Å². The molecule has 1 nitrogen and oxygen atoms in total. The van der Waals surface area contributed by atoms with Crippen molar-refractivity contribution >= 4 is 18.5 Å². The Balaban J connectivity index is 1.87. The van der Waals surface area contributed by atoms with Crippen molar-refractivity contribution in [1.82, 2.24) is 0 Å². The van der Waals surface area contributed by atoms with Gasteiger partial charge in [0.05, 0.1) is 6.10 Å². The van der Waals surface area contributed by atoms with E-state index < -0.39 is 0 Å². The van der Waals surface area contributed by atoms with Crippen LogP contribution in [0.5, 0.6) is 0 Å². The molecule has 0 spiro atoms. The maximum atomic E-state index is 5.84. The van der Waals surface area contributed by atoms with Crippen LogP contribution in [-0.2, 0) is 4.74 Å². The van der Waals surface area contributed by atoms with Crippen LogP contribution in [0.25, 0.3) is 0 Å². The van der Waals surface area contributed by atoms with Crippen molar-refractivity contribution in [2.24, 2.45) is 0 Å². The zero-order valence-corrected chi connectivity index (χ0v) is 11.9. The first-order valence-corrected chi connectivity index (χ1v) is 8.45. The van der Waals surface area contributed by atoms with Gasteiger partial charge in [0.2, 0.25) is 0 Å². The summed E-state index contributed by atoms with van der Waals surface area (Å²) in [6, 6.07) is 21.8. The van der Waals surface area contributed by atoms with E-state index in [1.165, 1.54) is 23.5 Å². The first kappa shape index (κ1) is 12.8. The van der Waals surface area contributed by atoms with Gasteiger partial charge >= 0.3 is 0 Å². The molecule has 0 saturated carbocycles. The summed E-state index contributed by atoms with van der Waals surface area (Å²) in [5, 5.41) is 2.92. The standard InChI is InChI=1S/C17H19OP/c1-3-9-16(10-4-1)19(14-15-8-7-13-18-15)17-11-5-2-6-12-17/h1-6,9-12,15H,7-8,13-14H2/t15-/m0/s1. The maximum Gasteiger partial charge on any atom is 0.0621 e. The summed E-state index contributed by atoms with van der Waals surface area (Å²) in [5.41, 5.74) is 0. The monoisotopic (exact) mass is 270 g/mol. The normalized spacial score (nSPS) is 18.9. The SMILES string of the molecule is c1ccc(P(C[C@@H]2CCCO2)c2ccccc2)cc1. The van der Waals surface area contributed by atoms with Gasteiger partial charge in [-0.2, -0.15) is 0 Å². The van der Waals surface area contributed by atoms with Crippen molar-refractivity contribution in [2.75, 3.05) is 12.8 Å². The summed E-state index contributed by atoms with van der Waals surface area (Å²) >= 11 is 0. The molecule has 0 aliphatic carbocycles. The first-order chi connectivity index (χ1) is 9.43. The van der Waals surface area contributed by atoms with Crippen LogP contribution in [0.4, 0.5) is 0 Å². The molecule has 2 aromatic rings. The van der Waals surface area contributed by atoms with E-state index >= 15 is 0 Å². The maximum absolute atomic E-state index is 5.84. The van der Waals surface area contributed by atoms with Crippen molar-refractivity contribution in [2.45, 2.75) is 18.9 Å². The Hall–Kier alpha value is -1.17. The van der Waals surface area contributed by atoms with Crippen molar-refractivity contribution in [3.63, 3.8) is 0 Å².